The summed E-state index contributed by atoms with van der Waals surface area (Å²) in [5.41, 5.74) is 1.96. The van der Waals surface area contributed by atoms with Crippen molar-refractivity contribution in [2.24, 2.45) is 0 Å². The van der Waals surface area contributed by atoms with Crippen molar-refractivity contribution in [3.63, 3.8) is 0 Å². The largest absolute Gasteiger partial charge is 0.467 e. The molecule has 1 aliphatic carbocycles. The van der Waals surface area contributed by atoms with Crippen molar-refractivity contribution in [1.82, 2.24) is 30.4 Å². The number of nitrogens with one attached hydrogen (secondary N) is 1. The average Bonchev–Trinajstić information content (AvgIpc) is 3.57. The predicted octanol–water partition coefficient (Wildman–Crippen LogP) is 3.11. The van der Waals surface area contributed by atoms with Crippen LogP contribution in [0.3, 0.4) is 0 Å². The molecule has 0 spiro atoms. The molecule has 33 heavy (non-hydrogen) atoms. The molecule has 0 unspecified atom stereocenters. The molecule has 1 aliphatic rings. The van der Waals surface area contributed by atoms with E-state index in [2.05, 4.69) is 20.7 Å². The second-order valence-electron chi connectivity index (χ2n) is 8.52. The number of hydrogen-bond donors (Lipinski definition) is 1. The fraction of sp³-hybridized carbons (Fsp3) is 0.458. The van der Waals surface area contributed by atoms with Crippen LogP contribution in [0.5, 0.6) is 0 Å². The Hall–Kier alpha value is -3.49. The minimum absolute atomic E-state index is 0.118. The Morgan fingerprint density at radius 2 is 1.97 bits per heavy atom. The molecule has 1 aromatic carbocycles. The van der Waals surface area contributed by atoms with Gasteiger partial charge < -0.3 is 14.6 Å². The first kappa shape index (κ1) is 22.7. The molecular formula is C24H30N6O3. The van der Waals surface area contributed by atoms with E-state index in [9.17, 15) is 9.59 Å². The quantitative estimate of drug-likeness (QED) is 0.537. The van der Waals surface area contributed by atoms with Gasteiger partial charge in [-0.15, -0.1) is 10.2 Å². The molecule has 0 aliphatic heterocycles. The van der Waals surface area contributed by atoms with E-state index in [-0.39, 0.29) is 30.9 Å². The Morgan fingerprint density at radius 1 is 1.21 bits per heavy atom. The van der Waals surface area contributed by atoms with Crippen LogP contribution in [0.4, 0.5) is 0 Å². The second-order valence-corrected chi connectivity index (χ2v) is 8.52. The van der Waals surface area contributed by atoms with Crippen LogP contribution in [0.1, 0.15) is 50.4 Å². The highest BCUT2D eigenvalue weighted by Gasteiger charge is 2.31. The molecule has 1 saturated carbocycles. The molecule has 0 saturated heterocycles. The first-order valence-corrected chi connectivity index (χ1v) is 11.5. The van der Waals surface area contributed by atoms with E-state index in [0.29, 0.717) is 18.0 Å². The Kier molecular flexibility index (Phi) is 7.16. The number of hydrogen-bond acceptors (Lipinski definition) is 6. The number of furan rings is 1. The predicted molar refractivity (Wildman–Crippen MR) is 122 cm³/mol. The molecule has 0 bridgehead atoms. The number of rotatable bonds is 9. The molecule has 3 aromatic rings. The number of carbonyl (C=O) groups excluding carboxylic acids is 2. The minimum atomic E-state index is -0.608. The zero-order valence-electron chi connectivity index (χ0n) is 19.1. The number of tetrazole rings is 1. The number of aromatic nitrogens is 4. The van der Waals surface area contributed by atoms with Crippen molar-refractivity contribution < 1.29 is 14.0 Å². The maximum atomic E-state index is 13.3. The lowest BCUT2D eigenvalue weighted by Crippen LogP contribution is -2.51. The molecule has 1 atom stereocenters. The van der Waals surface area contributed by atoms with E-state index in [4.69, 9.17) is 4.42 Å². The van der Waals surface area contributed by atoms with Gasteiger partial charge in [0.1, 0.15) is 18.3 Å². The number of benzene rings is 1. The number of nitrogens with zero attached hydrogens (tertiary/aromatic N) is 5. The SMILES string of the molecule is CC[C@@H](C(=O)NC1CCCC1)N(Cc1ccco1)C(=O)Cn1nnc(-c2ccc(C)cc2)n1. The van der Waals surface area contributed by atoms with Crippen molar-refractivity contribution in [3.05, 3.63) is 54.0 Å². The smallest absolute Gasteiger partial charge is 0.247 e. The molecule has 9 heteroatoms. The van der Waals surface area contributed by atoms with Crippen LogP contribution in [0, 0.1) is 6.92 Å². The van der Waals surface area contributed by atoms with E-state index < -0.39 is 6.04 Å². The second kappa shape index (κ2) is 10.4. The highest BCUT2D eigenvalue weighted by atomic mass is 16.3. The summed E-state index contributed by atoms with van der Waals surface area (Å²) in [5.74, 6) is 0.664. The third-order valence-corrected chi connectivity index (χ3v) is 6.03. The van der Waals surface area contributed by atoms with Crippen LogP contribution >= 0.6 is 0 Å². The summed E-state index contributed by atoms with van der Waals surface area (Å²) in [7, 11) is 0. The minimum Gasteiger partial charge on any atom is -0.467 e. The van der Waals surface area contributed by atoms with Gasteiger partial charge in [0.15, 0.2) is 0 Å². The van der Waals surface area contributed by atoms with Crippen LogP contribution in [0.25, 0.3) is 11.4 Å². The van der Waals surface area contributed by atoms with Gasteiger partial charge >= 0.3 is 0 Å². The normalized spacial score (nSPS) is 14.8. The zero-order valence-corrected chi connectivity index (χ0v) is 19.1. The maximum Gasteiger partial charge on any atom is 0.247 e. The highest BCUT2D eigenvalue weighted by molar-refractivity contribution is 5.87. The van der Waals surface area contributed by atoms with E-state index >= 15 is 0 Å². The van der Waals surface area contributed by atoms with Gasteiger partial charge in [-0.2, -0.15) is 4.80 Å². The summed E-state index contributed by atoms with van der Waals surface area (Å²) in [4.78, 5) is 29.3. The van der Waals surface area contributed by atoms with Gasteiger partial charge in [-0.05, 0) is 43.5 Å². The van der Waals surface area contributed by atoms with Crippen LogP contribution < -0.4 is 5.32 Å². The van der Waals surface area contributed by atoms with E-state index in [1.54, 1.807) is 23.3 Å². The lowest BCUT2D eigenvalue weighted by atomic mass is 10.1. The van der Waals surface area contributed by atoms with Crippen LogP contribution in [0.2, 0.25) is 0 Å². The third kappa shape index (κ3) is 5.66. The molecule has 2 amide bonds. The average molecular weight is 451 g/mol. The van der Waals surface area contributed by atoms with Crippen molar-refractivity contribution >= 4 is 11.8 Å². The third-order valence-electron chi connectivity index (χ3n) is 6.03. The Bertz CT molecular complexity index is 1050. The first-order valence-electron chi connectivity index (χ1n) is 11.5. The van der Waals surface area contributed by atoms with Crippen molar-refractivity contribution in [3.8, 4) is 11.4 Å². The standard InChI is InChI=1S/C24H30N6O3/c1-3-21(24(32)25-19-7-4-5-8-19)29(15-20-9-6-14-33-20)22(31)16-30-27-23(26-28-30)18-12-10-17(2)11-13-18/h6,9-14,19,21H,3-5,7-8,15-16H2,1-2H3,(H,25,32)/t21-/m0/s1. The monoisotopic (exact) mass is 450 g/mol. The van der Waals surface area contributed by atoms with Crippen LogP contribution in [-0.2, 0) is 22.7 Å². The molecule has 2 aromatic heterocycles. The van der Waals surface area contributed by atoms with E-state index in [1.807, 2.05) is 38.1 Å². The molecular weight excluding hydrogens is 420 g/mol. The van der Waals surface area contributed by atoms with Gasteiger partial charge in [0, 0.05) is 11.6 Å². The van der Waals surface area contributed by atoms with Crippen molar-refractivity contribution in [2.75, 3.05) is 0 Å². The Labute approximate surface area is 193 Å². The molecule has 9 nitrogen and oxygen atoms in total. The van der Waals surface area contributed by atoms with E-state index in [0.717, 1.165) is 36.8 Å². The molecule has 0 radical (unpaired) electrons. The van der Waals surface area contributed by atoms with E-state index in [1.165, 1.54) is 4.80 Å². The van der Waals surface area contributed by atoms with Crippen molar-refractivity contribution in [2.45, 2.75) is 71.1 Å². The molecule has 2 heterocycles. The summed E-state index contributed by atoms with van der Waals surface area (Å²) < 4.78 is 5.47. The van der Waals surface area contributed by atoms with Crippen LogP contribution in [0.15, 0.2) is 47.1 Å². The number of carbonyl (C=O) groups is 2. The molecule has 1 N–H and O–H groups in total. The number of amides is 2. The zero-order chi connectivity index (χ0) is 23.2. The first-order chi connectivity index (χ1) is 16.0. The maximum absolute atomic E-state index is 13.3. The lowest BCUT2D eigenvalue weighted by molar-refractivity contribution is -0.142. The van der Waals surface area contributed by atoms with Gasteiger partial charge in [-0.3, -0.25) is 9.59 Å². The van der Waals surface area contributed by atoms with Gasteiger partial charge in [0.05, 0.1) is 12.8 Å². The van der Waals surface area contributed by atoms with Gasteiger partial charge in [-0.1, -0.05) is 49.6 Å². The summed E-state index contributed by atoms with van der Waals surface area (Å²) >= 11 is 0. The highest BCUT2D eigenvalue weighted by Crippen LogP contribution is 2.20. The summed E-state index contributed by atoms with van der Waals surface area (Å²) in [5, 5.41) is 15.6. The molecule has 4 rings (SSSR count). The molecule has 1 fully saturated rings. The molecule has 174 valence electrons. The van der Waals surface area contributed by atoms with Gasteiger partial charge in [0.25, 0.3) is 0 Å². The van der Waals surface area contributed by atoms with Gasteiger partial charge in [-0.25, -0.2) is 0 Å². The Morgan fingerprint density at radius 3 is 2.64 bits per heavy atom. The van der Waals surface area contributed by atoms with Crippen LogP contribution in [-0.4, -0.2) is 49.0 Å². The van der Waals surface area contributed by atoms with Crippen molar-refractivity contribution in [1.29, 1.82) is 0 Å². The Balaban J connectivity index is 1.50. The fourth-order valence-electron chi connectivity index (χ4n) is 4.20. The summed E-state index contributed by atoms with van der Waals surface area (Å²) in [6, 6.07) is 10.9. The lowest BCUT2D eigenvalue weighted by Gasteiger charge is -2.30. The fourth-order valence-corrected chi connectivity index (χ4v) is 4.20. The summed E-state index contributed by atoms with van der Waals surface area (Å²) in [6.07, 6.45) is 6.27. The number of aryl methyl sites for hydroxylation is 1. The van der Waals surface area contributed by atoms with Gasteiger partial charge in [0.2, 0.25) is 17.6 Å². The topological polar surface area (TPSA) is 106 Å². The summed E-state index contributed by atoms with van der Waals surface area (Å²) in [6.45, 7) is 3.99.